The predicted octanol–water partition coefficient (Wildman–Crippen LogP) is 2.08. The standard InChI is InChI=1S/C15H24N2O2/c1-12(2)19-9-4-3-8-17-15(18)14-7-5-6-13(10-14)11-16/h5-7,10,12H,3-4,8-9,11,16H2,1-2H3,(H,17,18). The molecule has 0 bridgehead atoms. The number of benzene rings is 1. The number of carbonyl (C=O) groups is 1. The minimum Gasteiger partial charge on any atom is -0.379 e. The molecule has 1 aromatic carbocycles. The van der Waals surface area contributed by atoms with Crippen molar-refractivity contribution in [3.05, 3.63) is 35.4 Å². The van der Waals surface area contributed by atoms with Crippen LogP contribution in [0.5, 0.6) is 0 Å². The molecule has 0 heterocycles. The van der Waals surface area contributed by atoms with Gasteiger partial charge in [-0.15, -0.1) is 0 Å². The largest absolute Gasteiger partial charge is 0.379 e. The van der Waals surface area contributed by atoms with Crippen molar-refractivity contribution in [1.82, 2.24) is 5.32 Å². The quantitative estimate of drug-likeness (QED) is 0.707. The summed E-state index contributed by atoms with van der Waals surface area (Å²) in [5.41, 5.74) is 7.19. The molecular weight excluding hydrogens is 240 g/mol. The Morgan fingerprint density at radius 3 is 2.84 bits per heavy atom. The van der Waals surface area contributed by atoms with Crippen LogP contribution in [0.15, 0.2) is 24.3 Å². The van der Waals surface area contributed by atoms with Crippen molar-refractivity contribution in [3.63, 3.8) is 0 Å². The fourth-order valence-electron chi connectivity index (χ4n) is 1.69. The zero-order valence-electron chi connectivity index (χ0n) is 11.8. The van der Waals surface area contributed by atoms with E-state index in [1.807, 2.05) is 32.0 Å². The van der Waals surface area contributed by atoms with E-state index in [1.54, 1.807) is 6.07 Å². The van der Waals surface area contributed by atoms with E-state index in [2.05, 4.69) is 5.32 Å². The molecule has 0 saturated heterocycles. The fourth-order valence-corrected chi connectivity index (χ4v) is 1.69. The monoisotopic (exact) mass is 264 g/mol. The molecule has 0 unspecified atom stereocenters. The minimum atomic E-state index is -0.0416. The van der Waals surface area contributed by atoms with Gasteiger partial charge >= 0.3 is 0 Å². The number of carbonyl (C=O) groups excluding carboxylic acids is 1. The van der Waals surface area contributed by atoms with Crippen LogP contribution in [0.2, 0.25) is 0 Å². The van der Waals surface area contributed by atoms with Gasteiger partial charge in [0.1, 0.15) is 0 Å². The van der Waals surface area contributed by atoms with Crippen LogP contribution in [-0.4, -0.2) is 25.2 Å². The van der Waals surface area contributed by atoms with Gasteiger partial charge in [0.25, 0.3) is 5.91 Å². The van der Waals surface area contributed by atoms with Gasteiger partial charge in [-0.05, 0) is 44.4 Å². The summed E-state index contributed by atoms with van der Waals surface area (Å²) in [5, 5.41) is 2.90. The molecule has 3 N–H and O–H groups in total. The summed E-state index contributed by atoms with van der Waals surface area (Å²) in [4.78, 5) is 11.9. The van der Waals surface area contributed by atoms with Gasteiger partial charge in [0, 0.05) is 25.3 Å². The summed E-state index contributed by atoms with van der Waals surface area (Å²) in [6, 6.07) is 7.40. The predicted molar refractivity (Wildman–Crippen MR) is 77.0 cm³/mol. The van der Waals surface area contributed by atoms with Crippen LogP contribution in [0.1, 0.15) is 42.6 Å². The number of ether oxygens (including phenoxy) is 1. The molecule has 1 rings (SSSR count). The van der Waals surface area contributed by atoms with Crippen LogP contribution in [0.3, 0.4) is 0 Å². The fraction of sp³-hybridized carbons (Fsp3) is 0.533. The van der Waals surface area contributed by atoms with E-state index in [0.29, 0.717) is 18.7 Å². The molecule has 0 aliphatic rings. The van der Waals surface area contributed by atoms with Crippen molar-refractivity contribution in [2.75, 3.05) is 13.2 Å². The maximum absolute atomic E-state index is 11.9. The van der Waals surface area contributed by atoms with Crippen LogP contribution < -0.4 is 11.1 Å². The number of amides is 1. The third-order valence-corrected chi connectivity index (χ3v) is 2.73. The zero-order valence-corrected chi connectivity index (χ0v) is 11.8. The average molecular weight is 264 g/mol. The van der Waals surface area contributed by atoms with Crippen molar-refractivity contribution < 1.29 is 9.53 Å². The highest BCUT2D eigenvalue weighted by molar-refractivity contribution is 5.94. The first-order chi connectivity index (χ1) is 9.13. The molecule has 106 valence electrons. The van der Waals surface area contributed by atoms with Gasteiger partial charge in [-0.1, -0.05) is 12.1 Å². The Morgan fingerprint density at radius 1 is 1.37 bits per heavy atom. The summed E-state index contributed by atoms with van der Waals surface area (Å²) in [5.74, 6) is -0.0416. The first-order valence-electron chi connectivity index (χ1n) is 6.82. The van der Waals surface area contributed by atoms with Crippen LogP contribution in [-0.2, 0) is 11.3 Å². The number of nitrogens with two attached hydrogens (primary N) is 1. The van der Waals surface area contributed by atoms with E-state index in [9.17, 15) is 4.79 Å². The number of nitrogens with one attached hydrogen (secondary N) is 1. The normalized spacial score (nSPS) is 10.7. The summed E-state index contributed by atoms with van der Waals surface area (Å²) in [6.07, 6.45) is 2.16. The van der Waals surface area contributed by atoms with E-state index >= 15 is 0 Å². The van der Waals surface area contributed by atoms with Crippen LogP contribution >= 0.6 is 0 Å². The molecule has 0 radical (unpaired) electrons. The van der Waals surface area contributed by atoms with Gasteiger partial charge in [0.05, 0.1) is 6.10 Å². The lowest BCUT2D eigenvalue weighted by Gasteiger charge is -2.08. The lowest BCUT2D eigenvalue weighted by atomic mass is 10.1. The van der Waals surface area contributed by atoms with Crippen molar-refractivity contribution in [2.24, 2.45) is 5.73 Å². The summed E-state index contributed by atoms with van der Waals surface area (Å²) < 4.78 is 5.44. The molecule has 0 fully saturated rings. The van der Waals surface area contributed by atoms with Crippen molar-refractivity contribution in [1.29, 1.82) is 0 Å². The minimum absolute atomic E-state index is 0.0416. The van der Waals surface area contributed by atoms with Crippen LogP contribution in [0, 0.1) is 0 Å². The third-order valence-electron chi connectivity index (χ3n) is 2.73. The second kappa shape index (κ2) is 8.67. The molecular formula is C15H24N2O2. The Kier molecular flexibility index (Phi) is 7.15. The lowest BCUT2D eigenvalue weighted by Crippen LogP contribution is -2.24. The Hall–Kier alpha value is -1.39. The average Bonchev–Trinajstić information content (AvgIpc) is 2.42. The van der Waals surface area contributed by atoms with Gasteiger partial charge < -0.3 is 15.8 Å². The second-order valence-electron chi connectivity index (χ2n) is 4.79. The Labute approximate surface area is 115 Å². The molecule has 0 aromatic heterocycles. The van der Waals surface area contributed by atoms with Gasteiger partial charge in [-0.3, -0.25) is 4.79 Å². The van der Waals surface area contributed by atoms with Crippen LogP contribution in [0.25, 0.3) is 0 Å². The number of unbranched alkanes of at least 4 members (excludes halogenated alkanes) is 1. The third kappa shape index (κ3) is 6.36. The van der Waals surface area contributed by atoms with Gasteiger partial charge in [0.2, 0.25) is 0 Å². The first-order valence-corrected chi connectivity index (χ1v) is 6.82. The Morgan fingerprint density at radius 2 is 2.16 bits per heavy atom. The molecule has 19 heavy (non-hydrogen) atoms. The molecule has 0 spiro atoms. The number of hydrogen-bond acceptors (Lipinski definition) is 3. The molecule has 4 heteroatoms. The zero-order chi connectivity index (χ0) is 14.1. The Balaban J connectivity index is 2.23. The maximum atomic E-state index is 11.9. The maximum Gasteiger partial charge on any atom is 0.251 e. The lowest BCUT2D eigenvalue weighted by molar-refractivity contribution is 0.0754. The highest BCUT2D eigenvalue weighted by atomic mass is 16.5. The van der Waals surface area contributed by atoms with Gasteiger partial charge in [0.15, 0.2) is 0 Å². The van der Waals surface area contributed by atoms with Crippen molar-refractivity contribution >= 4 is 5.91 Å². The first kappa shape index (κ1) is 15.7. The van der Waals surface area contributed by atoms with Gasteiger partial charge in [-0.25, -0.2) is 0 Å². The van der Waals surface area contributed by atoms with E-state index < -0.39 is 0 Å². The molecule has 0 aliphatic heterocycles. The molecule has 0 atom stereocenters. The van der Waals surface area contributed by atoms with E-state index in [-0.39, 0.29) is 12.0 Å². The second-order valence-corrected chi connectivity index (χ2v) is 4.79. The van der Waals surface area contributed by atoms with Crippen molar-refractivity contribution in [3.8, 4) is 0 Å². The number of rotatable bonds is 8. The van der Waals surface area contributed by atoms with E-state index in [1.165, 1.54) is 0 Å². The summed E-state index contributed by atoms with van der Waals surface area (Å²) >= 11 is 0. The highest BCUT2D eigenvalue weighted by Crippen LogP contribution is 2.04. The molecule has 1 aromatic rings. The van der Waals surface area contributed by atoms with Crippen molar-refractivity contribution in [2.45, 2.75) is 39.3 Å². The SMILES string of the molecule is CC(C)OCCCCNC(=O)c1cccc(CN)c1. The molecule has 4 nitrogen and oxygen atoms in total. The highest BCUT2D eigenvalue weighted by Gasteiger charge is 2.04. The topological polar surface area (TPSA) is 64.3 Å². The van der Waals surface area contributed by atoms with E-state index in [0.717, 1.165) is 25.0 Å². The smallest absolute Gasteiger partial charge is 0.251 e. The van der Waals surface area contributed by atoms with Crippen LogP contribution in [0.4, 0.5) is 0 Å². The summed E-state index contributed by atoms with van der Waals surface area (Å²) in [7, 11) is 0. The molecule has 0 aliphatic carbocycles. The van der Waals surface area contributed by atoms with E-state index in [4.69, 9.17) is 10.5 Å². The number of hydrogen-bond donors (Lipinski definition) is 2. The molecule has 0 saturated carbocycles. The Bertz CT molecular complexity index is 391. The summed E-state index contributed by atoms with van der Waals surface area (Å²) in [6.45, 7) is 5.91. The molecule has 1 amide bonds. The van der Waals surface area contributed by atoms with Gasteiger partial charge in [-0.2, -0.15) is 0 Å².